The Kier molecular flexibility index (Phi) is 6.24. The van der Waals surface area contributed by atoms with Gasteiger partial charge in [0.1, 0.15) is 0 Å². The molecule has 0 aliphatic carbocycles. The van der Waals surface area contributed by atoms with E-state index in [9.17, 15) is 4.79 Å². The van der Waals surface area contributed by atoms with Crippen molar-refractivity contribution in [1.29, 1.82) is 0 Å². The van der Waals surface area contributed by atoms with E-state index in [1.54, 1.807) is 0 Å². The van der Waals surface area contributed by atoms with E-state index < -0.39 is 0 Å². The number of piperidine rings is 1. The first-order chi connectivity index (χ1) is 10.1. The molecule has 1 aromatic carbocycles. The molecule has 116 valence electrons. The van der Waals surface area contributed by atoms with Crippen molar-refractivity contribution in [1.82, 2.24) is 4.90 Å². The second kappa shape index (κ2) is 8.18. The molecule has 0 N–H and O–H groups in total. The standard InChI is InChI=1S/C18H27NO2/c1-15(2)11-18(20)19-10-6-9-17(12-19)14-21-13-16-7-4-3-5-8-16/h3-5,7-8,15,17H,6,9-14H2,1-2H3. The monoisotopic (exact) mass is 289 g/mol. The molecular weight excluding hydrogens is 262 g/mol. The lowest BCUT2D eigenvalue weighted by Gasteiger charge is -2.33. The number of ether oxygens (including phenoxy) is 1. The van der Waals surface area contributed by atoms with Gasteiger partial charge in [-0.1, -0.05) is 44.2 Å². The summed E-state index contributed by atoms with van der Waals surface area (Å²) in [4.78, 5) is 14.2. The number of likely N-dealkylation sites (tertiary alicyclic amines) is 1. The molecule has 21 heavy (non-hydrogen) atoms. The summed E-state index contributed by atoms with van der Waals surface area (Å²) in [5, 5.41) is 0. The van der Waals surface area contributed by atoms with Crippen LogP contribution in [0.3, 0.4) is 0 Å². The third-order valence-electron chi connectivity index (χ3n) is 3.92. The first-order valence-electron chi connectivity index (χ1n) is 8.04. The molecule has 0 radical (unpaired) electrons. The van der Waals surface area contributed by atoms with Gasteiger partial charge in [-0.2, -0.15) is 0 Å². The van der Waals surface area contributed by atoms with Crippen LogP contribution in [0.1, 0.15) is 38.7 Å². The molecule has 3 heteroatoms. The van der Waals surface area contributed by atoms with Gasteiger partial charge in [0.15, 0.2) is 0 Å². The molecule has 3 nitrogen and oxygen atoms in total. The first-order valence-corrected chi connectivity index (χ1v) is 8.04. The van der Waals surface area contributed by atoms with Crippen molar-refractivity contribution in [2.75, 3.05) is 19.7 Å². The molecule has 1 fully saturated rings. The maximum atomic E-state index is 12.1. The van der Waals surface area contributed by atoms with E-state index in [2.05, 4.69) is 26.0 Å². The van der Waals surface area contributed by atoms with Crippen LogP contribution in [0.25, 0.3) is 0 Å². The van der Waals surface area contributed by atoms with Crippen LogP contribution < -0.4 is 0 Å². The summed E-state index contributed by atoms with van der Waals surface area (Å²) in [6.07, 6.45) is 2.93. The van der Waals surface area contributed by atoms with Crippen molar-refractivity contribution in [3.63, 3.8) is 0 Å². The van der Waals surface area contributed by atoms with E-state index in [0.717, 1.165) is 26.1 Å². The zero-order chi connectivity index (χ0) is 15.1. The zero-order valence-electron chi connectivity index (χ0n) is 13.3. The summed E-state index contributed by atoms with van der Waals surface area (Å²) in [6.45, 7) is 7.39. The van der Waals surface area contributed by atoms with Gasteiger partial charge < -0.3 is 9.64 Å². The second-order valence-corrected chi connectivity index (χ2v) is 6.45. The van der Waals surface area contributed by atoms with Crippen molar-refractivity contribution in [2.45, 2.75) is 39.7 Å². The van der Waals surface area contributed by atoms with E-state index in [-0.39, 0.29) is 0 Å². The summed E-state index contributed by atoms with van der Waals surface area (Å²) >= 11 is 0. The molecule has 1 heterocycles. The first kappa shape index (κ1) is 16.0. The minimum atomic E-state index is 0.303. The highest BCUT2D eigenvalue weighted by Gasteiger charge is 2.23. The maximum Gasteiger partial charge on any atom is 0.222 e. The Morgan fingerprint density at radius 3 is 2.81 bits per heavy atom. The smallest absolute Gasteiger partial charge is 0.222 e. The molecule has 1 saturated heterocycles. The molecule has 1 amide bonds. The predicted octanol–water partition coefficient (Wildman–Crippen LogP) is 3.49. The summed E-state index contributed by atoms with van der Waals surface area (Å²) in [6, 6.07) is 10.2. The minimum absolute atomic E-state index is 0.303. The highest BCUT2D eigenvalue weighted by molar-refractivity contribution is 5.76. The number of carbonyl (C=O) groups excluding carboxylic acids is 1. The Labute approximate surface area is 128 Å². The summed E-state index contributed by atoms with van der Waals surface area (Å²) in [7, 11) is 0. The fraction of sp³-hybridized carbons (Fsp3) is 0.611. The lowest BCUT2D eigenvalue weighted by Crippen LogP contribution is -2.41. The van der Waals surface area contributed by atoms with Crippen LogP contribution in [0, 0.1) is 11.8 Å². The topological polar surface area (TPSA) is 29.5 Å². The van der Waals surface area contributed by atoms with Gasteiger partial charge in [-0.05, 0) is 30.2 Å². The van der Waals surface area contributed by atoms with E-state index in [0.29, 0.717) is 30.8 Å². The molecule has 0 bridgehead atoms. The zero-order valence-corrected chi connectivity index (χ0v) is 13.3. The number of hydrogen-bond acceptors (Lipinski definition) is 2. The second-order valence-electron chi connectivity index (χ2n) is 6.45. The highest BCUT2D eigenvalue weighted by atomic mass is 16.5. The Hall–Kier alpha value is -1.35. The number of amides is 1. The van der Waals surface area contributed by atoms with Crippen LogP contribution in [0.15, 0.2) is 30.3 Å². The number of carbonyl (C=O) groups is 1. The summed E-state index contributed by atoms with van der Waals surface area (Å²) in [5.74, 6) is 1.23. The fourth-order valence-corrected chi connectivity index (χ4v) is 2.82. The Morgan fingerprint density at radius 1 is 1.33 bits per heavy atom. The number of rotatable bonds is 6. The summed E-state index contributed by atoms with van der Waals surface area (Å²) < 4.78 is 5.83. The van der Waals surface area contributed by atoms with Crippen molar-refractivity contribution in [3.8, 4) is 0 Å². The number of benzene rings is 1. The lowest BCUT2D eigenvalue weighted by atomic mass is 9.98. The fourth-order valence-electron chi connectivity index (χ4n) is 2.82. The van der Waals surface area contributed by atoms with Gasteiger partial charge in [-0.15, -0.1) is 0 Å². The van der Waals surface area contributed by atoms with E-state index in [1.165, 1.54) is 12.0 Å². The molecule has 2 rings (SSSR count). The third-order valence-corrected chi connectivity index (χ3v) is 3.92. The maximum absolute atomic E-state index is 12.1. The Morgan fingerprint density at radius 2 is 2.10 bits per heavy atom. The Balaban J connectivity index is 1.72. The normalized spacial score (nSPS) is 19.0. The quantitative estimate of drug-likeness (QED) is 0.802. The average molecular weight is 289 g/mol. The number of nitrogens with zero attached hydrogens (tertiary/aromatic N) is 1. The van der Waals surface area contributed by atoms with Gasteiger partial charge in [0.25, 0.3) is 0 Å². The predicted molar refractivity (Wildman–Crippen MR) is 84.9 cm³/mol. The summed E-state index contributed by atoms with van der Waals surface area (Å²) in [5.41, 5.74) is 1.21. The molecule has 1 aliphatic rings. The molecule has 1 aromatic rings. The Bertz CT molecular complexity index is 430. The molecule has 0 spiro atoms. The van der Waals surface area contributed by atoms with Gasteiger partial charge in [0.2, 0.25) is 5.91 Å². The molecule has 0 saturated carbocycles. The molecule has 1 unspecified atom stereocenters. The minimum Gasteiger partial charge on any atom is -0.376 e. The van der Waals surface area contributed by atoms with Crippen LogP contribution >= 0.6 is 0 Å². The van der Waals surface area contributed by atoms with Crippen LogP contribution in [-0.2, 0) is 16.1 Å². The molecular formula is C18H27NO2. The van der Waals surface area contributed by atoms with Crippen molar-refractivity contribution >= 4 is 5.91 Å². The highest BCUT2D eigenvalue weighted by Crippen LogP contribution is 2.19. The van der Waals surface area contributed by atoms with E-state index >= 15 is 0 Å². The van der Waals surface area contributed by atoms with Gasteiger partial charge in [-0.25, -0.2) is 0 Å². The molecule has 1 aliphatic heterocycles. The van der Waals surface area contributed by atoms with Crippen LogP contribution in [0.2, 0.25) is 0 Å². The van der Waals surface area contributed by atoms with E-state index in [1.807, 2.05) is 23.1 Å². The van der Waals surface area contributed by atoms with Crippen molar-refractivity contribution in [3.05, 3.63) is 35.9 Å². The van der Waals surface area contributed by atoms with Gasteiger partial charge >= 0.3 is 0 Å². The van der Waals surface area contributed by atoms with Crippen molar-refractivity contribution in [2.24, 2.45) is 11.8 Å². The molecule has 1 atom stereocenters. The van der Waals surface area contributed by atoms with Crippen molar-refractivity contribution < 1.29 is 9.53 Å². The SMILES string of the molecule is CC(C)CC(=O)N1CCCC(COCc2ccccc2)C1. The van der Waals surface area contributed by atoms with Gasteiger partial charge in [0.05, 0.1) is 13.2 Å². The lowest BCUT2D eigenvalue weighted by molar-refractivity contribution is -0.134. The van der Waals surface area contributed by atoms with Crippen LogP contribution in [-0.4, -0.2) is 30.5 Å². The number of hydrogen-bond donors (Lipinski definition) is 0. The third kappa shape index (κ3) is 5.50. The largest absolute Gasteiger partial charge is 0.376 e. The van der Waals surface area contributed by atoms with Gasteiger partial charge in [-0.3, -0.25) is 4.79 Å². The van der Waals surface area contributed by atoms with Crippen LogP contribution in [0.4, 0.5) is 0 Å². The molecule has 0 aromatic heterocycles. The van der Waals surface area contributed by atoms with Gasteiger partial charge in [0, 0.05) is 19.5 Å². The van der Waals surface area contributed by atoms with Crippen LogP contribution in [0.5, 0.6) is 0 Å². The van der Waals surface area contributed by atoms with E-state index in [4.69, 9.17) is 4.74 Å². The average Bonchev–Trinajstić information content (AvgIpc) is 2.48.